The van der Waals surface area contributed by atoms with Gasteiger partial charge in [-0.1, -0.05) is 0 Å². The Morgan fingerprint density at radius 2 is 2.27 bits per heavy atom. The van der Waals surface area contributed by atoms with E-state index in [1.807, 2.05) is 0 Å². The molecule has 0 aliphatic rings. The maximum Gasteiger partial charge on any atom is 0.342 e. The first-order valence-corrected chi connectivity index (χ1v) is 4.89. The van der Waals surface area contributed by atoms with Crippen LogP contribution in [0.5, 0.6) is 0 Å². The minimum atomic E-state index is -2.57. The summed E-state index contributed by atoms with van der Waals surface area (Å²) < 4.78 is 28.2. The van der Waals surface area contributed by atoms with Gasteiger partial charge in [0.1, 0.15) is 16.7 Å². The van der Waals surface area contributed by atoms with Gasteiger partial charge in [0.25, 0.3) is 6.43 Å². The molecule has 0 saturated carbocycles. The highest BCUT2D eigenvalue weighted by atomic mass is 79.9. The summed E-state index contributed by atoms with van der Waals surface area (Å²) in [6, 6.07) is 0. The van der Waals surface area contributed by atoms with Crippen molar-refractivity contribution in [3.63, 3.8) is 0 Å². The van der Waals surface area contributed by atoms with Crippen LogP contribution in [-0.2, 0) is 9.53 Å². The van der Waals surface area contributed by atoms with Crippen molar-refractivity contribution in [3.8, 4) is 0 Å². The van der Waals surface area contributed by atoms with Gasteiger partial charge in [0, 0.05) is 6.20 Å². The van der Waals surface area contributed by atoms with E-state index in [9.17, 15) is 13.6 Å². The molecule has 7 heteroatoms. The van der Waals surface area contributed by atoms with Gasteiger partial charge in [-0.3, -0.25) is 4.99 Å². The minimum Gasteiger partial charge on any atom is -0.462 e. The van der Waals surface area contributed by atoms with E-state index in [-0.39, 0.29) is 16.8 Å². The topological polar surface area (TPSA) is 64.7 Å². The molecule has 4 nitrogen and oxygen atoms in total. The molecule has 0 rings (SSSR count). The van der Waals surface area contributed by atoms with Gasteiger partial charge in [0.2, 0.25) is 0 Å². The van der Waals surface area contributed by atoms with Crippen molar-refractivity contribution in [3.05, 3.63) is 11.8 Å². The van der Waals surface area contributed by atoms with Gasteiger partial charge in [-0.15, -0.1) is 0 Å². The molecule has 0 atom stereocenters. The molecule has 0 aromatic heterocycles. The Hall–Kier alpha value is -0.980. The van der Waals surface area contributed by atoms with Crippen molar-refractivity contribution < 1.29 is 18.3 Å². The molecule has 0 saturated heterocycles. The number of halogens is 3. The lowest BCUT2D eigenvalue weighted by molar-refractivity contribution is -0.137. The van der Waals surface area contributed by atoms with E-state index in [1.54, 1.807) is 6.92 Å². The molecule has 0 spiro atoms. The van der Waals surface area contributed by atoms with Gasteiger partial charge in [-0.2, -0.15) is 0 Å². The molecule has 0 radical (unpaired) electrons. The number of alkyl halides is 2. The zero-order chi connectivity index (χ0) is 11.8. The Morgan fingerprint density at radius 3 is 2.67 bits per heavy atom. The summed E-state index contributed by atoms with van der Waals surface area (Å²) in [5, 5.41) is 0. The molecule has 0 fully saturated rings. The number of ether oxygens (including phenoxy) is 1. The number of hydrogen-bond acceptors (Lipinski definition) is 4. The van der Waals surface area contributed by atoms with Gasteiger partial charge >= 0.3 is 5.97 Å². The normalized spacial score (nSPS) is 13.1. The summed E-state index contributed by atoms with van der Waals surface area (Å²) >= 11 is 2.87. The van der Waals surface area contributed by atoms with Crippen molar-refractivity contribution in [2.24, 2.45) is 10.7 Å². The van der Waals surface area contributed by atoms with Gasteiger partial charge in [0.15, 0.2) is 0 Å². The van der Waals surface area contributed by atoms with Crippen LogP contribution in [0.3, 0.4) is 0 Å². The third-order valence-electron chi connectivity index (χ3n) is 1.25. The van der Waals surface area contributed by atoms with E-state index in [0.29, 0.717) is 0 Å². The molecule has 0 aromatic carbocycles. The van der Waals surface area contributed by atoms with Crippen LogP contribution in [-0.4, -0.2) is 30.2 Å². The van der Waals surface area contributed by atoms with Crippen LogP contribution in [0.1, 0.15) is 6.92 Å². The lowest BCUT2D eigenvalue weighted by Crippen LogP contribution is -2.15. The Labute approximate surface area is 94.3 Å². The monoisotopic (exact) mass is 284 g/mol. The second-order valence-corrected chi connectivity index (χ2v) is 3.07. The first-order valence-electron chi connectivity index (χ1n) is 4.10. The maximum atomic E-state index is 11.8. The second-order valence-electron chi connectivity index (χ2n) is 2.32. The van der Waals surface area contributed by atoms with Crippen molar-refractivity contribution in [2.45, 2.75) is 13.3 Å². The van der Waals surface area contributed by atoms with Crippen LogP contribution in [0, 0.1) is 0 Å². The quantitative estimate of drug-likeness (QED) is 0.472. The highest BCUT2D eigenvalue weighted by Gasteiger charge is 2.15. The zero-order valence-corrected chi connectivity index (χ0v) is 9.63. The molecule has 0 heterocycles. The van der Waals surface area contributed by atoms with Gasteiger partial charge in [0.05, 0.1) is 6.61 Å². The highest BCUT2D eigenvalue weighted by molar-refractivity contribution is 9.18. The maximum absolute atomic E-state index is 11.8. The summed E-state index contributed by atoms with van der Waals surface area (Å²) in [5.41, 5.74) is 5.08. The van der Waals surface area contributed by atoms with Crippen LogP contribution in [0.2, 0.25) is 0 Å². The number of aliphatic imine (C=N–C) groups is 1. The Balaban J connectivity index is 4.55. The first-order chi connectivity index (χ1) is 7.02. The molecular weight excluding hydrogens is 274 g/mol. The molecule has 86 valence electrons. The summed E-state index contributed by atoms with van der Waals surface area (Å²) in [6.07, 6.45) is -1.62. The molecule has 2 N–H and O–H groups in total. The lowest BCUT2D eigenvalue weighted by Gasteiger charge is -2.04. The number of carbonyl (C=O) groups excluding carboxylic acids is 1. The smallest absolute Gasteiger partial charge is 0.342 e. The number of nitrogens with two attached hydrogens (primary N) is 1. The first kappa shape index (κ1) is 14.0. The predicted octanol–water partition coefficient (Wildman–Crippen LogP) is 1.45. The summed E-state index contributed by atoms with van der Waals surface area (Å²) in [5.74, 6) is -0.704. The van der Waals surface area contributed by atoms with E-state index in [4.69, 9.17) is 5.73 Å². The number of hydrogen-bond donors (Lipinski definition) is 1. The lowest BCUT2D eigenvalue weighted by atomic mass is 10.3. The molecule has 0 amide bonds. The number of rotatable bonds is 5. The van der Waals surface area contributed by atoms with Crippen LogP contribution in [0.25, 0.3) is 0 Å². The van der Waals surface area contributed by atoms with Crippen LogP contribution < -0.4 is 5.73 Å². The van der Waals surface area contributed by atoms with Crippen molar-refractivity contribution in [2.75, 3.05) is 13.2 Å². The number of carbonyl (C=O) groups is 1. The van der Waals surface area contributed by atoms with Crippen molar-refractivity contribution in [1.82, 2.24) is 0 Å². The van der Waals surface area contributed by atoms with E-state index in [0.717, 1.165) is 6.20 Å². The van der Waals surface area contributed by atoms with Crippen LogP contribution in [0.15, 0.2) is 16.8 Å². The van der Waals surface area contributed by atoms with Crippen molar-refractivity contribution >= 4 is 26.5 Å². The minimum absolute atomic E-state index is 0.0382. The predicted molar refractivity (Wildman–Crippen MR) is 56.1 cm³/mol. The van der Waals surface area contributed by atoms with E-state index >= 15 is 0 Å². The number of esters is 1. The Morgan fingerprint density at radius 1 is 1.67 bits per heavy atom. The highest BCUT2D eigenvalue weighted by Crippen LogP contribution is 2.08. The molecule has 0 aromatic rings. The van der Waals surface area contributed by atoms with Crippen LogP contribution >= 0.6 is 15.9 Å². The van der Waals surface area contributed by atoms with Crippen LogP contribution in [0.4, 0.5) is 8.78 Å². The molecule has 0 aliphatic carbocycles. The fraction of sp³-hybridized carbons (Fsp3) is 0.500. The SMILES string of the molecule is CCOC(=O)C(=CN)C(Br)=NCC(F)F. The standard InChI is InChI=1S/C8H11BrF2N2O2/c1-2-15-8(14)5(3-12)7(9)13-4-6(10)11/h3,6H,2,4,12H2,1H3. The molecule has 0 aliphatic heterocycles. The van der Waals surface area contributed by atoms with Crippen molar-refractivity contribution in [1.29, 1.82) is 0 Å². The average molecular weight is 285 g/mol. The number of nitrogens with zero attached hydrogens (tertiary/aromatic N) is 1. The summed E-state index contributed by atoms with van der Waals surface area (Å²) in [7, 11) is 0. The summed E-state index contributed by atoms with van der Waals surface area (Å²) in [6.45, 7) is 1.10. The third-order valence-corrected chi connectivity index (χ3v) is 1.93. The largest absolute Gasteiger partial charge is 0.462 e. The summed E-state index contributed by atoms with van der Waals surface area (Å²) in [4.78, 5) is 14.6. The van der Waals surface area contributed by atoms with E-state index in [2.05, 4.69) is 25.7 Å². The Bertz CT molecular complexity index is 280. The second kappa shape index (κ2) is 7.33. The molecule has 15 heavy (non-hydrogen) atoms. The fourth-order valence-electron chi connectivity index (χ4n) is 0.664. The van der Waals surface area contributed by atoms with Gasteiger partial charge in [-0.25, -0.2) is 13.6 Å². The average Bonchev–Trinajstić information content (AvgIpc) is 2.16. The zero-order valence-electron chi connectivity index (χ0n) is 8.04. The van der Waals surface area contributed by atoms with E-state index in [1.165, 1.54) is 0 Å². The third kappa shape index (κ3) is 5.46. The van der Waals surface area contributed by atoms with E-state index < -0.39 is 18.9 Å². The molecule has 0 bridgehead atoms. The molecule has 0 unspecified atom stereocenters. The molecular formula is C8H11BrF2N2O2. The van der Waals surface area contributed by atoms with Gasteiger partial charge in [-0.05, 0) is 22.9 Å². The fourth-order valence-corrected chi connectivity index (χ4v) is 1.10. The van der Waals surface area contributed by atoms with Gasteiger partial charge < -0.3 is 10.5 Å². The Kier molecular flexibility index (Phi) is 6.85.